The molecule has 18 heavy (non-hydrogen) atoms. The van der Waals surface area contributed by atoms with Crippen LogP contribution in [0, 0.1) is 0 Å². The van der Waals surface area contributed by atoms with Gasteiger partial charge in [-0.05, 0) is 0 Å². The molecular weight excluding hydrogens is 324 g/mol. The maximum atomic E-state index is 11.5. The van der Waals surface area contributed by atoms with Crippen LogP contribution in [0.3, 0.4) is 0 Å². The lowest BCUT2D eigenvalue weighted by atomic mass is 10.1. The largest absolute Gasteiger partial charge is 0.295 e. The first kappa shape index (κ1) is 14.2. The molecule has 2 rings (SSSR count). The second-order valence-electron chi connectivity index (χ2n) is 4.54. The fourth-order valence-corrected chi connectivity index (χ4v) is 3.73. The lowest BCUT2D eigenvalue weighted by Gasteiger charge is -2.41. The monoisotopic (exact) mass is 340 g/mol. The van der Waals surface area contributed by atoms with Gasteiger partial charge in [0.25, 0.3) is 0 Å². The topological polar surface area (TPSA) is 81.8 Å². The SMILES string of the molecule is CS(=O)(=O)N1CCN(C2CNNC(=O)C2Br)CC1. The number of hydrogen-bond acceptors (Lipinski definition) is 5. The van der Waals surface area contributed by atoms with E-state index in [9.17, 15) is 13.2 Å². The standard InChI is InChI=1S/C9H17BrN4O3S/c1-18(16,17)14-4-2-13(3-5-14)7-6-11-12-9(15)8(7)10/h7-8,11H,2-6H2,1H3,(H,12,15). The summed E-state index contributed by atoms with van der Waals surface area (Å²) in [5.74, 6) is -0.0863. The molecule has 0 spiro atoms. The van der Waals surface area contributed by atoms with E-state index in [1.807, 2.05) is 0 Å². The molecule has 0 radical (unpaired) electrons. The van der Waals surface area contributed by atoms with Crippen LogP contribution >= 0.6 is 15.9 Å². The van der Waals surface area contributed by atoms with Crippen LogP contribution in [-0.2, 0) is 14.8 Å². The van der Waals surface area contributed by atoms with E-state index in [0.29, 0.717) is 32.7 Å². The van der Waals surface area contributed by atoms with Gasteiger partial charge in [-0.1, -0.05) is 15.9 Å². The normalized spacial score (nSPS) is 32.2. The molecule has 2 heterocycles. The molecule has 2 fully saturated rings. The molecule has 2 saturated heterocycles. The predicted octanol–water partition coefficient (Wildman–Crippen LogP) is -1.67. The molecule has 2 aliphatic rings. The van der Waals surface area contributed by atoms with Crippen LogP contribution in [0.25, 0.3) is 0 Å². The number of carbonyl (C=O) groups excluding carboxylic acids is 1. The molecule has 7 nitrogen and oxygen atoms in total. The van der Waals surface area contributed by atoms with Gasteiger partial charge in [0.1, 0.15) is 4.83 Å². The van der Waals surface area contributed by atoms with E-state index in [1.54, 1.807) is 0 Å². The van der Waals surface area contributed by atoms with Gasteiger partial charge in [-0.25, -0.2) is 13.8 Å². The van der Waals surface area contributed by atoms with E-state index in [4.69, 9.17) is 0 Å². The molecule has 0 bridgehead atoms. The number of alkyl halides is 1. The molecule has 0 aromatic heterocycles. The molecule has 0 aliphatic carbocycles. The van der Waals surface area contributed by atoms with Gasteiger partial charge in [0.15, 0.2) is 0 Å². The molecule has 1 amide bonds. The number of nitrogens with zero attached hydrogens (tertiary/aromatic N) is 2. The van der Waals surface area contributed by atoms with Crippen molar-refractivity contribution in [2.24, 2.45) is 0 Å². The number of rotatable bonds is 2. The summed E-state index contributed by atoms with van der Waals surface area (Å²) >= 11 is 3.38. The molecule has 104 valence electrons. The quantitative estimate of drug-likeness (QED) is 0.587. The van der Waals surface area contributed by atoms with Gasteiger partial charge < -0.3 is 0 Å². The highest BCUT2D eigenvalue weighted by molar-refractivity contribution is 9.10. The highest BCUT2D eigenvalue weighted by atomic mass is 79.9. The smallest absolute Gasteiger partial charge is 0.249 e. The molecule has 0 saturated carbocycles. The number of halogens is 1. The van der Waals surface area contributed by atoms with Gasteiger partial charge in [-0.15, -0.1) is 0 Å². The Kier molecular flexibility index (Phi) is 4.27. The van der Waals surface area contributed by atoms with E-state index in [-0.39, 0.29) is 16.8 Å². The van der Waals surface area contributed by atoms with Gasteiger partial charge in [-0.3, -0.25) is 15.1 Å². The Morgan fingerprint density at radius 1 is 1.28 bits per heavy atom. The van der Waals surface area contributed by atoms with Crippen molar-refractivity contribution in [2.45, 2.75) is 10.9 Å². The minimum atomic E-state index is -3.10. The summed E-state index contributed by atoms with van der Waals surface area (Å²) in [6.07, 6.45) is 1.23. The summed E-state index contributed by atoms with van der Waals surface area (Å²) in [5, 5.41) is 0. The number of piperazine rings is 1. The zero-order valence-corrected chi connectivity index (χ0v) is 12.5. The average Bonchev–Trinajstić information content (AvgIpc) is 2.32. The summed E-state index contributed by atoms with van der Waals surface area (Å²) in [5.41, 5.74) is 5.42. The Balaban J connectivity index is 1.95. The van der Waals surface area contributed by atoms with Crippen molar-refractivity contribution in [3.63, 3.8) is 0 Å². The Bertz CT molecular complexity index is 422. The maximum absolute atomic E-state index is 11.5. The fourth-order valence-electron chi connectivity index (χ4n) is 2.27. The summed E-state index contributed by atoms with van der Waals surface area (Å²) in [6, 6.07) is 0.0560. The van der Waals surface area contributed by atoms with Crippen LogP contribution in [0.15, 0.2) is 0 Å². The highest BCUT2D eigenvalue weighted by Crippen LogP contribution is 2.17. The Morgan fingerprint density at radius 3 is 2.44 bits per heavy atom. The van der Waals surface area contributed by atoms with Crippen LogP contribution in [0.2, 0.25) is 0 Å². The van der Waals surface area contributed by atoms with Crippen molar-refractivity contribution in [3.8, 4) is 0 Å². The van der Waals surface area contributed by atoms with Crippen LogP contribution in [0.5, 0.6) is 0 Å². The molecule has 2 aliphatic heterocycles. The molecule has 9 heteroatoms. The predicted molar refractivity (Wildman–Crippen MR) is 70.6 cm³/mol. The Hall–Kier alpha value is -0.220. The van der Waals surface area contributed by atoms with Crippen molar-refractivity contribution < 1.29 is 13.2 Å². The summed E-state index contributed by atoms with van der Waals surface area (Å²) in [6.45, 7) is 2.91. The van der Waals surface area contributed by atoms with Crippen molar-refractivity contribution in [2.75, 3.05) is 39.0 Å². The third kappa shape index (κ3) is 3.02. The lowest BCUT2D eigenvalue weighted by Crippen LogP contribution is -2.64. The minimum absolute atomic E-state index is 0.0560. The Labute approximate surface area is 115 Å². The Morgan fingerprint density at radius 2 is 1.89 bits per heavy atom. The number of hydrogen-bond donors (Lipinski definition) is 2. The first-order valence-electron chi connectivity index (χ1n) is 5.75. The molecule has 2 unspecified atom stereocenters. The zero-order chi connectivity index (χ0) is 13.3. The first-order valence-corrected chi connectivity index (χ1v) is 8.52. The second kappa shape index (κ2) is 5.41. The highest BCUT2D eigenvalue weighted by Gasteiger charge is 2.36. The maximum Gasteiger partial charge on any atom is 0.249 e. The summed E-state index contributed by atoms with van der Waals surface area (Å²) in [4.78, 5) is 13.4. The molecular formula is C9H17BrN4O3S. The van der Waals surface area contributed by atoms with E-state index in [2.05, 4.69) is 31.7 Å². The van der Waals surface area contributed by atoms with Crippen molar-refractivity contribution in [1.82, 2.24) is 20.1 Å². The van der Waals surface area contributed by atoms with Gasteiger partial charge in [0, 0.05) is 38.8 Å². The molecule has 2 atom stereocenters. The van der Waals surface area contributed by atoms with Gasteiger partial charge in [0.2, 0.25) is 15.9 Å². The average molecular weight is 341 g/mol. The summed E-state index contributed by atoms with van der Waals surface area (Å²) in [7, 11) is -3.10. The number of amides is 1. The number of hydrazine groups is 1. The summed E-state index contributed by atoms with van der Waals surface area (Å²) < 4.78 is 24.3. The third-order valence-electron chi connectivity index (χ3n) is 3.32. The number of sulfonamides is 1. The van der Waals surface area contributed by atoms with E-state index in [0.717, 1.165) is 0 Å². The molecule has 0 aromatic rings. The van der Waals surface area contributed by atoms with Gasteiger partial charge in [-0.2, -0.15) is 4.31 Å². The van der Waals surface area contributed by atoms with Crippen molar-refractivity contribution in [3.05, 3.63) is 0 Å². The molecule has 2 N–H and O–H groups in total. The van der Waals surface area contributed by atoms with Gasteiger partial charge >= 0.3 is 0 Å². The van der Waals surface area contributed by atoms with Crippen molar-refractivity contribution in [1.29, 1.82) is 0 Å². The van der Waals surface area contributed by atoms with Crippen LogP contribution in [0.1, 0.15) is 0 Å². The zero-order valence-electron chi connectivity index (χ0n) is 10.1. The fraction of sp³-hybridized carbons (Fsp3) is 0.889. The van der Waals surface area contributed by atoms with Crippen LogP contribution < -0.4 is 10.9 Å². The number of nitrogens with one attached hydrogen (secondary N) is 2. The van der Waals surface area contributed by atoms with E-state index >= 15 is 0 Å². The molecule has 0 aromatic carbocycles. The van der Waals surface area contributed by atoms with E-state index < -0.39 is 10.0 Å². The lowest BCUT2D eigenvalue weighted by molar-refractivity contribution is -0.124. The van der Waals surface area contributed by atoms with Crippen LogP contribution in [-0.4, -0.2) is 73.4 Å². The second-order valence-corrected chi connectivity index (χ2v) is 7.51. The number of carbonyl (C=O) groups is 1. The van der Waals surface area contributed by atoms with E-state index in [1.165, 1.54) is 10.6 Å². The van der Waals surface area contributed by atoms with Crippen molar-refractivity contribution >= 4 is 31.9 Å². The van der Waals surface area contributed by atoms with Crippen LogP contribution in [0.4, 0.5) is 0 Å². The third-order valence-corrected chi connectivity index (χ3v) is 5.65. The van der Waals surface area contributed by atoms with Gasteiger partial charge in [0.05, 0.1) is 6.26 Å². The minimum Gasteiger partial charge on any atom is -0.295 e. The first-order chi connectivity index (χ1) is 8.39.